The number of carbonyl (C=O) groups is 2. The summed E-state index contributed by atoms with van der Waals surface area (Å²) in [5.41, 5.74) is 0.822. The molecule has 1 fully saturated rings. The summed E-state index contributed by atoms with van der Waals surface area (Å²) < 4.78 is 0. The van der Waals surface area contributed by atoms with Gasteiger partial charge in [-0.25, -0.2) is 4.98 Å². The molecule has 2 aliphatic rings. The number of hydrogen-bond donors (Lipinski definition) is 2. The van der Waals surface area contributed by atoms with E-state index in [1.807, 2.05) is 0 Å². The largest absolute Gasteiger partial charge is 0.351 e. The van der Waals surface area contributed by atoms with Crippen LogP contribution in [0.25, 0.3) is 0 Å². The van der Waals surface area contributed by atoms with E-state index in [1.54, 1.807) is 0 Å². The number of amides is 2. The Labute approximate surface area is 134 Å². The maximum absolute atomic E-state index is 12.1. The van der Waals surface area contributed by atoms with Gasteiger partial charge in [0.25, 0.3) is 5.91 Å². The fraction of sp³-hybridized carbons (Fsp3) is 0.688. The molecule has 0 saturated heterocycles. The molecular weight excluding hydrogens is 298 g/mol. The summed E-state index contributed by atoms with van der Waals surface area (Å²) in [5, 5.41) is 6.29. The quantitative estimate of drug-likeness (QED) is 0.895. The van der Waals surface area contributed by atoms with Crippen molar-refractivity contribution < 1.29 is 9.59 Å². The van der Waals surface area contributed by atoms with Gasteiger partial charge in [-0.15, -0.1) is 0 Å². The third-order valence-electron chi connectivity index (χ3n) is 4.53. The van der Waals surface area contributed by atoms with Gasteiger partial charge in [-0.2, -0.15) is 0 Å². The highest BCUT2D eigenvalue weighted by Crippen LogP contribution is 2.28. The second kappa shape index (κ2) is 7.22. The second-order valence-corrected chi connectivity index (χ2v) is 7.24. The lowest BCUT2D eigenvalue weighted by atomic mass is 9.86. The Morgan fingerprint density at radius 3 is 2.91 bits per heavy atom. The van der Waals surface area contributed by atoms with E-state index < -0.39 is 0 Å². The fourth-order valence-electron chi connectivity index (χ4n) is 3.28. The molecule has 1 aromatic heterocycles. The van der Waals surface area contributed by atoms with Gasteiger partial charge in [-0.3, -0.25) is 9.59 Å². The Balaban J connectivity index is 1.53. The Morgan fingerprint density at radius 1 is 1.27 bits per heavy atom. The number of hydrogen-bond acceptors (Lipinski definition) is 4. The SMILES string of the molecule is O=C(CCC1CCCCC1)Nc1nc2c(s1)C(=O)NCCC2. The Kier molecular flexibility index (Phi) is 5.08. The number of aryl methyl sites for hydroxylation is 1. The van der Waals surface area contributed by atoms with Crippen molar-refractivity contribution in [2.45, 2.75) is 57.8 Å². The summed E-state index contributed by atoms with van der Waals surface area (Å²) in [7, 11) is 0. The summed E-state index contributed by atoms with van der Waals surface area (Å²) in [5.74, 6) is 0.667. The van der Waals surface area contributed by atoms with E-state index in [4.69, 9.17) is 0 Å². The van der Waals surface area contributed by atoms with Crippen molar-refractivity contribution in [2.75, 3.05) is 11.9 Å². The van der Waals surface area contributed by atoms with Gasteiger partial charge >= 0.3 is 0 Å². The molecule has 0 spiro atoms. The molecule has 5 nitrogen and oxygen atoms in total. The van der Waals surface area contributed by atoms with Crippen LogP contribution >= 0.6 is 11.3 Å². The van der Waals surface area contributed by atoms with Crippen molar-refractivity contribution in [3.8, 4) is 0 Å². The highest BCUT2D eigenvalue weighted by Gasteiger charge is 2.21. The zero-order chi connectivity index (χ0) is 15.4. The molecule has 120 valence electrons. The van der Waals surface area contributed by atoms with Gasteiger partial charge in [0.15, 0.2) is 5.13 Å². The zero-order valence-electron chi connectivity index (χ0n) is 12.8. The predicted molar refractivity (Wildman–Crippen MR) is 87.2 cm³/mol. The molecule has 1 aromatic rings. The van der Waals surface area contributed by atoms with E-state index in [0.29, 0.717) is 28.9 Å². The summed E-state index contributed by atoms with van der Waals surface area (Å²) in [4.78, 5) is 29.0. The highest BCUT2D eigenvalue weighted by atomic mass is 32.1. The van der Waals surface area contributed by atoms with E-state index in [1.165, 1.54) is 43.4 Å². The Bertz CT molecular complexity index is 550. The molecule has 3 rings (SSSR count). The number of nitrogens with one attached hydrogen (secondary N) is 2. The van der Waals surface area contributed by atoms with Crippen LogP contribution in [0.4, 0.5) is 5.13 Å². The summed E-state index contributed by atoms with van der Waals surface area (Å²) >= 11 is 1.29. The number of fused-ring (bicyclic) bond motifs is 1. The average molecular weight is 321 g/mol. The van der Waals surface area contributed by atoms with E-state index in [2.05, 4.69) is 15.6 Å². The number of anilines is 1. The molecule has 0 unspecified atom stereocenters. The Hall–Kier alpha value is -1.43. The van der Waals surface area contributed by atoms with Crippen molar-refractivity contribution in [3.63, 3.8) is 0 Å². The molecule has 1 aliphatic carbocycles. The number of nitrogens with zero attached hydrogens (tertiary/aromatic N) is 1. The first-order valence-electron chi connectivity index (χ1n) is 8.30. The van der Waals surface area contributed by atoms with Crippen LogP contribution in [0.15, 0.2) is 0 Å². The zero-order valence-corrected chi connectivity index (χ0v) is 13.6. The van der Waals surface area contributed by atoms with Crippen LogP contribution in [0, 0.1) is 5.92 Å². The number of carbonyl (C=O) groups excluding carboxylic acids is 2. The topological polar surface area (TPSA) is 71.1 Å². The molecule has 0 aromatic carbocycles. The third-order valence-corrected chi connectivity index (χ3v) is 5.54. The van der Waals surface area contributed by atoms with Gasteiger partial charge in [0, 0.05) is 13.0 Å². The lowest BCUT2D eigenvalue weighted by Crippen LogP contribution is -2.21. The fourth-order valence-corrected chi connectivity index (χ4v) is 4.23. The first-order chi connectivity index (χ1) is 10.7. The van der Waals surface area contributed by atoms with Crippen LogP contribution in [0.5, 0.6) is 0 Å². The monoisotopic (exact) mass is 321 g/mol. The van der Waals surface area contributed by atoms with Crippen molar-refractivity contribution in [1.29, 1.82) is 0 Å². The highest BCUT2D eigenvalue weighted by molar-refractivity contribution is 7.17. The average Bonchev–Trinajstić information content (AvgIpc) is 2.85. The molecular formula is C16H23N3O2S. The van der Waals surface area contributed by atoms with E-state index in [9.17, 15) is 9.59 Å². The molecule has 6 heteroatoms. The van der Waals surface area contributed by atoms with E-state index >= 15 is 0 Å². The van der Waals surface area contributed by atoms with Crippen molar-refractivity contribution >= 4 is 28.3 Å². The minimum atomic E-state index is -0.0623. The van der Waals surface area contributed by atoms with Crippen molar-refractivity contribution in [2.24, 2.45) is 5.92 Å². The molecule has 0 atom stereocenters. The molecule has 0 bridgehead atoms. The first kappa shape index (κ1) is 15.5. The van der Waals surface area contributed by atoms with Crippen molar-refractivity contribution in [1.82, 2.24) is 10.3 Å². The number of aromatic nitrogens is 1. The molecule has 2 amide bonds. The van der Waals surface area contributed by atoms with Crippen LogP contribution in [-0.4, -0.2) is 23.3 Å². The minimum Gasteiger partial charge on any atom is -0.351 e. The van der Waals surface area contributed by atoms with Gasteiger partial charge in [-0.1, -0.05) is 43.4 Å². The van der Waals surface area contributed by atoms with Gasteiger partial charge < -0.3 is 10.6 Å². The van der Waals surface area contributed by atoms with E-state index in [0.717, 1.165) is 25.0 Å². The molecule has 0 radical (unpaired) electrons. The third kappa shape index (κ3) is 3.85. The molecule has 2 heterocycles. The summed E-state index contributed by atoms with van der Waals surface area (Å²) in [6.07, 6.45) is 9.70. The van der Waals surface area contributed by atoms with Crippen LogP contribution in [-0.2, 0) is 11.2 Å². The second-order valence-electron chi connectivity index (χ2n) is 6.25. The smallest absolute Gasteiger partial charge is 0.263 e. The lowest BCUT2D eigenvalue weighted by Gasteiger charge is -2.20. The molecule has 22 heavy (non-hydrogen) atoms. The van der Waals surface area contributed by atoms with Gasteiger partial charge in [0.05, 0.1) is 5.69 Å². The predicted octanol–water partition coefficient (Wildman–Crippen LogP) is 3.12. The Morgan fingerprint density at radius 2 is 2.09 bits per heavy atom. The van der Waals surface area contributed by atoms with Crippen LogP contribution in [0.1, 0.15) is 66.7 Å². The molecule has 2 N–H and O–H groups in total. The minimum absolute atomic E-state index is 0.0230. The maximum atomic E-state index is 12.1. The van der Waals surface area contributed by atoms with Gasteiger partial charge in [0.1, 0.15) is 4.88 Å². The van der Waals surface area contributed by atoms with Crippen molar-refractivity contribution in [3.05, 3.63) is 10.6 Å². The summed E-state index contributed by atoms with van der Waals surface area (Å²) in [6.45, 7) is 0.699. The van der Waals surface area contributed by atoms with E-state index in [-0.39, 0.29) is 11.8 Å². The molecule has 1 aliphatic heterocycles. The summed E-state index contributed by atoms with van der Waals surface area (Å²) in [6, 6.07) is 0. The van der Waals surface area contributed by atoms with Gasteiger partial charge in [-0.05, 0) is 25.2 Å². The lowest BCUT2D eigenvalue weighted by molar-refractivity contribution is -0.116. The van der Waals surface area contributed by atoms with Crippen LogP contribution in [0.2, 0.25) is 0 Å². The number of rotatable bonds is 4. The van der Waals surface area contributed by atoms with Gasteiger partial charge in [0.2, 0.25) is 5.91 Å². The first-order valence-corrected chi connectivity index (χ1v) is 9.12. The van der Waals surface area contributed by atoms with Crippen LogP contribution in [0.3, 0.4) is 0 Å². The number of thiazole rings is 1. The maximum Gasteiger partial charge on any atom is 0.263 e. The molecule has 1 saturated carbocycles. The standard InChI is InChI=1S/C16H23N3O2S/c20-13(9-8-11-5-2-1-3-6-11)19-16-18-12-7-4-10-17-15(21)14(12)22-16/h11H,1-10H2,(H,17,21)(H,18,19,20). The normalized spacial score (nSPS) is 19.2. The van der Waals surface area contributed by atoms with Crippen LogP contribution < -0.4 is 10.6 Å².